The molecule has 3 rings (SSSR count). The van der Waals surface area contributed by atoms with Crippen molar-refractivity contribution in [1.82, 2.24) is 4.98 Å². The summed E-state index contributed by atoms with van der Waals surface area (Å²) in [5.74, 6) is 0. The Labute approximate surface area is 102 Å². The highest BCUT2D eigenvalue weighted by Crippen LogP contribution is 2.35. The highest BCUT2D eigenvalue weighted by atomic mass is 14.6. The summed E-state index contributed by atoms with van der Waals surface area (Å²) in [6, 6.07) is 10.5. The van der Waals surface area contributed by atoms with Gasteiger partial charge in [0.15, 0.2) is 0 Å². The molecule has 1 aromatic carbocycles. The summed E-state index contributed by atoms with van der Waals surface area (Å²) in [5, 5.41) is 1.22. The fraction of sp³-hybridized carbons (Fsp3) is 0.188. The summed E-state index contributed by atoms with van der Waals surface area (Å²) >= 11 is 0. The highest BCUT2D eigenvalue weighted by Gasteiger charge is 2.14. The molecule has 0 bridgehead atoms. The second-order valence-corrected chi connectivity index (χ2v) is 4.58. The number of hydrogen-bond donors (Lipinski definition) is 0. The molecule has 2 aromatic rings. The molecule has 1 aliphatic carbocycles. The normalized spacial score (nSPS) is 15.5. The van der Waals surface area contributed by atoms with Crippen molar-refractivity contribution in [3.05, 3.63) is 59.3 Å². The van der Waals surface area contributed by atoms with Gasteiger partial charge in [-0.25, -0.2) is 0 Å². The van der Waals surface area contributed by atoms with Crippen LogP contribution >= 0.6 is 0 Å². The van der Waals surface area contributed by atoms with E-state index in [-0.39, 0.29) is 0 Å². The number of allylic oxidation sites excluding steroid dienone is 4. The van der Waals surface area contributed by atoms with Crippen LogP contribution in [0.5, 0.6) is 0 Å². The van der Waals surface area contributed by atoms with Crippen molar-refractivity contribution in [3.63, 3.8) is 0 Å². The van der Waals surface area contributed by atoms with Crippen LogP contribution in [-0.2, 0) is 0 Å². The average molecular weight is 221 g/mol. The van der Waals surface area contributed by atoms with Gasteiger partial charge < -0.3 is 0 Å². The van der Waals surface area contributed by atoms with Crippen LogP contribution in [0.15, 0.2) is 53.8 Å². The van der Waals surface area contributed by atoms with Crippen molar-refractivity contribution in [2.75, 3.05) is 0 Å². The van der Waals surface area contributed by atoms with Crippen LogP contribution in [0.4, 0.5) is 0 Å². The van der Waals surface area contributed by atoms with Gasteiger partial charge in [-0.1, -0.05) is 35.9 Å². The first-order valence-corrected chi connectivity index (χ1v) is 5.98. The third-order valence-corrected chi connectivity index (χ3v) is 3.61. The number of nitrogens with zero attached hydrogens (tertiary/aromatic N) is 1. The Kier molecular flexibility index (Phi) is 2.32. The van der Waals surface area contributed by atoms with E-state index >= 15 is 0 Å². The van der Waals surface area contributed by atoms with Crippen molar-refractivity contribution < 1.29 is 0 Å². The monoisotopic (exact) mass is 221 g/mol. The highest BCUT2D eigenvalue weighted by molar-refractivity contribution is 5.93. The molecule has 84 valence electrons. The molecule has 0 aliphatic heterocycles. The SMILES string of the molecule is CC1=CCC(c2cccc3cccnc23)=C1C. The van der Waals surface area contributed by atoms with E-state index in [1.807, 2.05) is 12.3 Å². The first kappa shape index (κ1) is 10.3. The van der Waals surface area contributed by atoms with Gasteiger partial charge in [-0.2, -0.15) is 0 Å². The Balaban J connectivity index is 2.26. The van der Waals surface area contributed by atoms with E-state index in [9.17, 15) is 0 Å². The maximum absolute atomic E-state index is 4.53. The molecule has 0 N–H and O–H groups in total. The topological polar surface area (TPSA) is 12.9 Å². The van der Waals surface area contributed by atoms with Crippen molar-refractivity contribution in [2.45, 2.75) is 20.3 Å². The minimum Gasteiger partial charge on any atom is -0.256 e. The smallest absolute Gasteiger partial charge is 0.0777 e. The number of hydrogen-bond acceptors (Lipinski definition) is 1. The molecule has 1 aliphatic rings. The number of pyridine rings is 1. The molecule has 1 nitrogen and oxygen atoms in total. The van der Waals surface area contributed by atoms with Crippen molar-refractivity contribution >= 4 is 16.5 Å². The molecule has 1 heterocycles. The van der Waals surface area contributed by atoms with E-state index in [0.29, 0.717) is 0 Å². The molecule has 0 unspecified atom stereocenters. The largest absolute Gasteiger partial charge is 0.256 e. The number of para-hydroxylation sites is 1. The number of rotatable bonds is 1. The fourth-order valence-corrected chi connectivity index (χ4v) is 2.46. The van der Waals surface area contributed by atoms with Gasteiger partial charge in [0.1, 0.15) is 0 Å². The third kappa shape index (κ3) is 1.59. The van der Waals surface area contributed by atoms with E-state index in [4.69, 9.17) is 0 Å². The van der Waals surface area contributed by atoms with Gasteiger partial charge in [-0.3, -0.25) is 4.98 Å². The zero-order valence-corrected chi connectivity index (χ0v) is 10.2. The van der Waals surface area contributed by atoms with Crippen LogP contribution in [0.25, 0.3) is 16.5 Å². The summed E-state index contributed by atoms with van der Waals surface area (Å²) in [5.41, 5.74) is 6.63. The first-order valence-electron chi connectivity index (χ1n) is 5.98. The van der Waals surface area contributed by atoms with E-state index < -0.39 is 0 Å². The van der Waals surface area contributed by atoms with Gasteiger partial charge >= 0.3 is 0 Å². The summed E-state index contributed by atoms with van der Waals surface area (Å²) in [4.78, 5) is 4.53. The van der Waals surface area contributed by atoms with Crippen LogP contribution in [0.3, 0.4) is 0 Å². The lowest BCUT2D eigenvalue weighted by Gasteiger charge is -2.08. The minimum atomic E-state index is 1.04. The molecule has 0 saturated heterocycles. The van der Waals surface area contributed by atoms with Crippen molar-refractivity contribution in [3.8, 4) is 0 Å². The van der Waals surface area contributed by atoms with Crippen LogP contribution in [0.1, 0.15) is 25.8 Å². The van der Waals surface area contributed by atoms with E-state index in [2.05, 4.69) is 49.2 Å². The van der Waals surface area contributed by atoms with Crippen molar-refractivity contribution in [2.24, 2.45) is 0 Å². The fourth-order valence-electron chi connectivity index (χ4n) is 2.46. The molecule has 0 amide bonds. The second kappa shape index (κ2) is 3.85. The standard InChI is InChI=1S/C16H15N/c1-11-8-9-14(12(11)2)15-7-3-5-13-6-4-10-17-16(13)15/h3-8,10H,9H2,1-2H3. The average Bonchev–Trinajstić information content (AvgIpc) is 2.69. The number of aromatic nitrogens is 1. The Hall–Kier alpha value is -1.89. The van der Waals surface area contributed by atoms with Gasteiger partial charge in [0.25, 0.3) is 0 Å². The quantitative estimate of drug-likeness (QED) is 0.697. The Bertz CT molecular complexity index is 642. The Morgan fingerprint density at radius 3 is 2.65 bits per heavy atom. The molecule has 0 spiro atoms. The molecule has 0 radical (unpaired) electrons. The first-order chi connectivity index (χ1) is 8.27. The van der Waals surface area contributed by atoms with Crippen LogP contribution in [0, 0.1) is 0 Å². The number of fused-ring (bicyclic) bond motifs is 1. The molecular formula is C16H15N. The van der Waals surface area contributed by atoms with Gasteiger partial charge in [-0.15, -0.1) is 0 Å². The summed E-state index contributed by atoms with van der Waals surface area (Å²) in [6.07, 6.45) is 5.21. The molecule has 0 fully saturated rings. The number of benzene rings is 1. The van der Waals surface area contributed by atoms with Crippen LogP contribution in [-0.4, -0.2) is 4.98 Å². The van der Waals surface area contributed by atoms with Gasteiger partial charge in [-0.05, 0) is 37.5 Å². The second-order valence-electron chi connectivity index (χ2n) is 4.58. The third-order valence-electron chi connectivity index (χ3n) is 3.61. The Morgan fingerprint density at radius 2 is 1.88 bits per heavy atom. The van der Waals surface area contributed by atoms with E-state index in [0.717, 1.165) is 11.9 Å². The summed E-state index contributed by atoms with van der Waals surface area (Å²) < 4.78 is 0. The van der Waals surface area contributed by atoms with Crippen molar-refractivity contribution in [1.29, 1.82) is 0 Å². The van der Waals surface area contributed by atoms with E-state index in [1.54, 1.807) is 0 Å². The van der Waals surface area contributed by atoms with Gasteiger partial charge in [0.05, 0.1) is 5.52 Å². The van der Waals surface area contributed by atoms with Crippen LogP contribution in [0.2, 0.25) is 0 Å². The molecule has 0 atom stereocenters. The zero-order valence-electron chi connectivity index (χ0n) is 10.2. The lowest BCUT2D eigenvalue weighted by atomic mass is 9.98. The predicted octanol–water partition coefficient (Wildman–Crippen LogP) is 4.36. The molecule has 1 heteroatoms. The van der Waals surface area contributed by atoms with Gasteiger partial charge in [0.2, 0.25) is 0 Å². The predicted molar refractivity (Wildman–Crippen MR) is 72.7 cm³/mol. The molecule has 17 heavy (non-hydrogen) atoms. The Morgan fingerprint density at radius 1 is 1.06 bits per heavy atom. The van der Waals surface area contributed by atoms with Gasteiger partial charge in [0, 0.05) is 17.1 Å². The van der Waals surface area contributed by atoms with E-state index in [1.165, 1.54) is 27.7 Å². The molecular weight excluding hydrogens is 206 g/mol. The lowest BCUT2D eigenvalue weighted by Crippen LogP contribution is -1.89. The molecule has 0 saturated carbocycles. The maximum Gasteiger partial charge on any atom is 0.0777 e. The maximum atomic E-state index is 4.53. The lowest BCUT2D eigenvalue weighted by molar-refractivity contribution is 1.36. The summed E-state index contributed by atoms with van der Waals surface area (Å²) in [7, 11) is 0. The summed E-state index contributed by atoms with van der Waals surface area (Å²) in [6.45, 7) is 4.39. The molecule has 1 aromatic heterocycles. The zero-order chi connectivity index (χ0) is 11.8. The minimum absolute atomic E-state index is 1.04. The van der Waals surface area contributed by atoms with Crippen LogP contribution < -0.4 is 0 Å².